The van der Waals surface area contributed by atoms with E-state index in [9.17, 15) is 0 Å². The maximum atomic E-state index is 6.17. The Morgan fingerprint density at radius 3 is 2.70 bits per heavy atom. The van der Waals surface area contributed by atoms with E-state index in [0.717, 1.165) is 31.4 Å². The molecule has 1 aliphatic rings. The van der Waals surface area contributed by atoms with Gasteiger partial charge < -0.3 is 10.1 Å². The number of rotatable bonds is 7. The molecule has 0 radical (unpaired) electrons. The lowest BCUT2D eigenvalue weighted by Gasteiger charge is -2.17. The zero-order chi connectivity index (χ0) is 14.4. The zero-order valence-corrected chi connectivity index (χ0v) is 13.2. The Bertz CT molecular complexity index is 408. The van der Waals surface area contributed by atoms with Crippen molar-refractivity contribution in [3.63, 3.8) is 0 Å². The summed E-state index contributed by atoms with van der Waals surface area (Å²) < 4.78 is 6.17. The quantitative estimate of drug-likeness (QED) is 0.800. The predicted molar refractivity (Wildman–Crippen MR) is 85.2 cm³/mol. The standard InChI is InChI=1S/C18H29NO/c1-14(2)11-19-12-17-10-6-7-15(3)18(17)20-13-16-8-4-5-9-16/h6-7,10,14,16,19H,4-5,8-9,11-13H2,1-3H3. The van der Waals surface area contributed by atoms with Crippen LogP contribution in [0.25, 0.3) is 0 Å². The molecule has 1 aromatic rings. The van der Waals surface area contributed by atoms with Gasteiger partial charge in [0, 0.05) is 12.1 Å². The molecule has 0 spiro atoms. The van der Waals surface area contributed by atoms with Gasteiger partial charge in [-0.2, -0.15) is 0 Å². The molecule has 0 aromatic heterocycles. The molecule has 1 fully saturated rings. The maximum absolute atomic E-state index is 6.17. The average molecular weight is 275 g/mol. The number of aryl methyl sites for hydroxylation is 1. The highest BCUT2D eigenvalue weighted by atomic mass is 16.5. The molecule has 1 N–H and O–H groups in total. The van der Waals surface area contributed by atoms with Crippen molar-refractivity contribution in [2.24, 2.45) is 11.8 Å². The first-order valence-corrected chi connectivity index (χ1v) is 8.09. The molecule has 0 unspecified atom stereocenters. The molecule has 1 saturated carbocycles. The van der Waals surface area contributed by atoms with Crippen molar-refractivity contribution in [2.75, 3.05) is 13.2 Å². The summed E-state index contributed by atoms with van der Waals surface area (Å²) in [5.74, 6) is 2.56. The second kappa shape index (κ2) is 7.68. The topological polar surface area (TPSA) is 21.3 Å². The number of ether oxygens (including phenoxy) is 1. The van der Waals surface area contributed by atoms with Crippen LogP contribution in [0.3, 0.4) is 0 Å². The van der Waals surface area contributed by atoms with Gasteiger partial charge in [-0.05, 0) is 43.7 Å². The van der Waals surface area contributed by atoms with Gasteiger partial charge in [0.2, 0.25) is 0 Å². The summed E-state index contributed by atoms with van der Waals surface area (Å²) in [6, 6.07) is 6.46. The Morgan fingerprint density at radius 2 is 2.00 bits per heavy atom. The van der Waals surface area contributed by atoms with Crippen molar-refractivity contribution in [3.8, 4) is 5.75 Å². The van der Waals surface area contributed by atoms with E-state index in [1.165, 1.54) is 36.8 Å². The molecule has 0 bridgehead atoms. The normalized spacial score (nSPS) is 16.0. The van der Waals surface area contributed by atoms with Gasteiger partial charge in [-0.1, -0.05) is 44.9 Å². The van der Waals surface area contributed by atoms with Crippen LogP contribution in [-0.2, 0) is 6.54 Å². The van der Waals surface area contributed by atoms with Gasteiger partial charge in [0.1, 0.15) is 5.75 Å². The molecular formula is C18H29NO. The van der Waals surface area contributed by atoms with Crippen molar-refractivity contribution >= 4 is 0 Å². The Kier molecular flexibility index (Phi) is 5.90. The first-order chi connectivity index (χ1) is 9.66. The second-order valence-corrected chi connectivity index (χ2v) is 6.55. The van der Waals surface area contributed by atoms with Crippen LogP contribution in [0.4, 0.5) is 0 Å². The third kappa shape index (κ3) is 4.52. The lowest BCUT2D eigenvalue weighted by Crippen LogP contribution is -2.20. The van der Waals surface area contributed by atoms with Crippen LogP contribution in [0.5, 0.6) is 5.75 Å². The second-order valence-electron chi connectivity index (χ2n) is 6.55. The molecule has 20 heavy (non-hydrogen) atoms. The first kappa shape index (κ1) is 15.4. The van der Waals surface area contributed by atoms with E-state index in [-0.39, 0.29) is 0 Å². The third-order valence-electron chi connectivity index (χ3n) is 4.10. The molecular weight excluding hydrogens is 246 g/mol. The van der Waals surface area contributed by atoms with Gasteiger partial charge in [-0.3, -0.25) is 0 Å². The van der Waals surface area contributed by atoms with Gasteiger partial charge in [0.25, 0.3) is 0 Å². The van der Waals surface area contributed by atoms with Crippen LogP contribution >= 0.6 is 0 Å². The largest absolute Gasteiger partial charge is 0.493 e. The van der Waals surface area contributed by atoms with Crippen LogP contribution in [0.1, 0.15) is 50.7 Å². The fraction of sp³-hybridized carbons (Fsp3) is 0.667. The molecule has 0 atom stereocenters. The van der Waals surface area contributed by atoms with Crippen LogP contribution in [-0.4, -0.2) is 13.2 Å². The van der Waals surface area contributed by atoms with Crippen molar-refractivity contribution < 1.29 is 4.74 Å². The molecule has 2 nitrogen and oxygen atoms in total. The smallest absolute Gasteiger partial charge is 0.126 e. The molecule has 2 rings (SSSR count). The van der Waals surface area contributed by atoms with E-state index >= 15 is 0 Å². The molecule has 1 aromatic carbocycles. The fourth-order valence-corrected chi connectivity index (χ4v) is 2.93. The van der Waals surface area contributed by atoms with Crippen molar-refractivity contribution in [1.29, 1.82) is 0 Å². The number of benzene rings is 1. The minimum Gasteiger partial charge on any atom is -0.493 e. The van der Waals surface area contributed by atoms with Gasteiger partial charge in [0.15, 0.2) is 0 Å². The molecule has 2 heteroatoms. The van der Waals surface area contributed by atoms with Gasteiger partial charge in [-0.25, -0.2) is 0 Å². The number of para-hydroxylation sites is 1. The Morgan fingerprint density at radius 1 is 1.25 bits per heavy atom. The average Bonchev–Trinajstić information content (AvgIpc) is 2.90. The van der Waals surface area contributed by atoms with E-state index in [0.29, 0.717) is 5.92 Å². The fourth-order valence-electron chi connectivity index (χ4n) is 2.93. The monoisotopic (exact) mass is 275 g/mol. The van der Waals surface area contributed by atoms with E-state index < -0.39 is 0 Å². The highest BCUT2D eigenvalue weighted by Gasteiger charge is 2.16. The SMILES string of the molecule is Cc1cccc(CNCC(C)C)c1OCC1CCCC1. The predicted octanol–water partition coefficient (Wildman–Crippen LogP) is 4.31. The minimum atomic E-state index is 0.683. The van der Waals surface area contributed by atoms with Crippen LogP contribution in [0, 0.1) is 18.8 Å². The van der Waals surface area contributed by atoms with E-state index in [4.69, 9.17) is 4.74 Å². The van der Waals surface area contributed by atoms with Crippen molar-refractivity contribution in [1.82, 2.24) is 5.32 Å². The van der Waals surface area contributed by atoms with Crippen LogP contribution in [0.2, 0.25) is 0 Å². The summed E-state index contributed by atoms with van der Waals surface area (Å²) in [6.45, 7) is 9.47. The van der Waals surface area contributed by atoms with Crippen molar-refractivity contribution in [2.45, 2.75) is 53.0 Å². The summed E-state index contributed by atoms with van der Waals surface area (Å²) in [6.07, 6.45) is 5.44. The summed E-state index contributed by atoms with van der Waals surface area (Å²) >= 11 is 0. The molecule has 0 amide bonds. The maximum Gasteiger partial charge on any atom is 0.126 e. The molecule has 0 saturated heterocycles. The first-order valence-electron chi connectivity index (χ1n) is 8.09. The van der Waals surface area contributed by atoms with Crippen LogP contribution < -0.4 is 10.1 Å². The van der Waals surface area contributed by atoms with Gasteiger partial charge in [-0.15, -0.1) is 0 Å². The summed E-state index contributed by atoms with van der Waals surface area (Å²) in [5, 5.41) is 3.52. The lowest BCUT2D eigenvalue weighted by molar-refractivity contribution is 0.248. The number of nitrogens with one attached hydrogen (secondary N) is 1. The molecule has 112 valence electrons. The zero-order valence-electron chi connectivity index (χ0n) is 13.2. The Hall–Kier alpha value is -1.02. The lowest BCUT2D eigenvalue weighted by atomic mass is 10.1. The van der Waals surface area contributed by atoms with Crippen LogP contribution in [0.15, 0.2) is 18.2 Å². The third-order valence-corrected chi connectivity index (χ3v) is 4.10. The van der Waals surface area contributed by atoms with E-state index in [1.807, 2.05) is 0 Å². The Balaban J connectivity index is 1.94. The summed E-state index contributed by atoms with van der Waals surface area (Å²) in [4.78, 5) is 0. The highest BCUT2D eigenvalue weighted by molar-refractivity contribution is 5.40. The Labute approximate surface area is 123 Å². The van der Waals surface area contributed by atoms with E-state index in [2.05, 4.69) is 44.3 Å². The minimum absolute atomic E-state index is 0.683. The number of hydrogen-bond donors (Lipinski definition) is 1. The molecule has 0 aliphatic heterocycles. The summed E-state index contributed by atoms with van der Waals surface area (Å²) in [5.41, 5.74) is 2.55. The molecule has 1 aliphatic carbocycles. The van der Waals surface area contributed by atoms with Crippen molar-refractivity contribution in [3.05, 3.63) is 29.3 Å². The molecule has 0 heterocycles. The van der Waals surface area contributed by atoms with E-state index in [1.54, 1.807) is 0 Å². The summed E-state index contributed by atoms with van der Waals surface area (Å²) in [7, 11) is 0. The number of hydrogen-bond acceptors (Lipinski definition) is 2. The van der Waals surface area contributed by atoms with Gasteiger partial charge in [0.05, 0.1) is 6.61 Å². The van der Waals surface area contributed by atoms with Gasteiger partial charge >= 0.3 is 0 Å². The highest BCUT2D eigenvalue weighted by Crippen LogP contribution is 2.28.